The number of hydrogen-bond donors (Lipinski definition) is 1. The largest absolute Gasteiger partial charge is 0.506 e. The molecule has 0 spiro atoms. The first-order valence-corrected chi connectivity index (χ1v) is 5.98. The molecule has 1 N–H and O–H groups in total. The number of benzene rings is 2. The number of rotatable bonds is 2. The minimum atomic E-state index is 0.217. The maximum atomic E-state index is 9.95. The summed E-state index contributed by atoms with van der Waals surface area (Å²) in [5, 5.41) is 15.8. The molecule has 0 aliphatic carbocycles. The maximum Gasteiger partial charge on any atom is 0.237 e. The first kappa shape index (κ1) is 11.6. The lowest BCUT2D eigenvalue weighted by Crippen LogP contribution is -2.19. The molecule has 1 aliphatic heterocycles. The lowest BCUT2D eigenvalue weighted by atomic mass is 10.2. The van der Waals surface area contributed by atoms with Gasteiger partial charge in [-0.2, -0.15) is 5.10 Å². The van der Waals surface area contributed by atoms with Crippen LogP contribution in [0, 0.1) is 13.6 Å². The van der Waals surface area contributed by atoms with Crippen LogP contribution in [-0.2, 0) is 0 Å². The highest BCUT2D eigenvalue weighted by Gasteiger charge is 2.21. The second kappa shape index (κ2) is 4.65. The second-order valence-electron chi connectivity index (χ2n) is 4.34. The van der Waals surface area contributed by atoms with Crippen LogP contribution in [0.15, 0.2) is 53.6 Å². The number of hydrazone groups is 1. The van der Waals surface area contributed by atoms with Crippen LogP contribution in [0.2, 0.25) is 0 Å². The van der Waals surface area contributed by atoms with Gasteiger partial charge in [0.15, 0.2) is 0 Å². The summed E-state index contributed by atoms with van der Waals surface area (Å²) in [5.74, 6) is 0.217. The number of phenols is 1. The van der Waals surface area contributed by atoms with Crippen molar-refractivity contribution in [3.63, 3.8) is 0 Å². The molecule has 4 heteroatoms. The number of aryl methyl sites for hydroxylation is 1. The summed E-state index contributed by atoms with van der Waals surface area (Å²) >= 11 is 0. The van der Waals surface area contributed by atoms with Crippen molar-refractivity contribution in [2.45, 2.75) is 6.92 Å². The van der Waals surface area contributed by atoms with Crippen molar-refractivity contribution < 1.29 is 5.11 Å². The lowest BCUT2D eigenvalue weighted by Gasteiger charge is -2.17. The van der Waals surface area contributed by atoms with Crippen molar-refractivity contribution in [3.05, 3.63) is 60.8 Å². The third-order valence-electron chi connectivity index (χ3n) is 2.88. The second-order valence-corrected chi connectivity index (χ2v) is 4.34. The Morgan fingerprint density at radius 1 is 1.11 bits per heavy atom. The third kappa shape index (κ3) is 2.25. The molecule has 0 unspecified atom stereocenters. The van der Waals surface area contributed by atoms with E-state index in [1.165, 1.54) is 0 Å². The molecule has 0 fully saturated rings. The molecule has 4 nitrogen and oxygen atoms in total. The van der Waals surface area contributed by atoms with Crippen LogP contribution in [0.25, 0.3) is 0 Å². The van der Waals surface area contributed by atoms with Crippen molar-refractivity contribution in [1.82, 2.24) is 0 Å². The van der Waals surface area contributed by atoms with Gasteiger partial charge in [-0.25, -0.2) is 5.01 Å². The van der Waals surface area contributed by atoms with E-state index in [2.05, 4.69) is 11.8 Å². The standard InChI is InChI=1S/C15H13N3O/c1-12-7-8-14(15(19)9-12)17-10-16-18(11-17)13-5-3-2-4-6-13/h2-10,19H,1H3. The summed E-state index contributed by atoms with van der Waals surface area (Å²) in [6.07, 6.45) is 1.62. The predicted molar refractivity (Wildman–Crippen MR) is 76.0 cm³/mol. The van der Waals surface area contributed by atoms with Crippen LogP contribution >= 0.6 is 0 Å². The van der Waals surface area contributed by atoms with Gasteiger partial charge < -0.3 is 5.11 Å². The molecular weight excluding hydrogens is 238 g/mol. The third-order valence-corrected chi connectivity index (χ3v) is 2.88. The predicted octanol–water partition coefficient (Wildman–Crippen LogP) is 2.97. The number of phenolic OH excluding ortho intramolecular Hbond substituents is 1. The van der Waals surface area contributed by atoms with E-state index in [9.17, 15) is 5.11 Å². The lowest BCUT2D eigenvalue weighted by molar-refractivity contribution is 0.476. The van der Waals surface area contributed by atoms with Crippen LogP contribution in [0.5, 0.6) is 5.75 Å². The molecule has 3 rings (SSSR count). The molecule has 0 saturated heterocycles. The first-order chi connectivity index (χ1) is 9.24. The van der Waals surface area contributed by atoms with Crippen molar-refractivity contribution in [2.24, 2.45) is 5.10 Å². The van der Waals surface area contributed by atoms with Crippen molar-refractivity contribution in [2.75, 3.05) is 9.91 Å². The highest BCUT2D eigenvalue weighted by atomic mass is 16.3. The molecule has 2 aromatic rings. The van der Waals surface area contributed by atoms with Crippen molar-refractivity contribution >= 4 is 17.7 Å². The van der Waals surface area contributed by atoms with Gasteiger partial charge in [-0.15, -0.1) is 0 Å². The summed E-state index contributed by atoms with van der Waals surface area (Å²) in [4.78, 5) is 1.67. The highest BCUT2D eigenvalue weighted by Crippen LogP contribution is 2.31. The fourth-order valence-electron chi connectivity index (χ4n) is 1.90. The van der Waals surface area contributed by atoms with Gasteiger partial charge in [0.05, 0.1) is 11.4 Å². The summed E-state index contributed by atoms with van der Waals surface area (Å²) in [5.41, 5.74) is 2.60. The van der Waals surface area contributed by atoms with Gasteiger partial charge in [-0.3, -0.25) is 4.90 Å². The van der Waals surface area contributed by atoms with Crippen LogP contribution in [-0.4, -0.2) is 11.4 Å². The molecule has 0 saturated carbocycles. The maximum absolute atomic E-state index is 9.95. The van der Waals surface area contributed by atoms with Gasteiger partial charge in [0.25, 0.3) is 0 Å². The molecule has 1 heterocycles. The summed E-state index contributed by atoms with van der Waals surface area (Å²) in [6.45, 7) is 5.00. The first-order valence-electron chi connectivity index (χ1n) is 5.98. The average molecular weight is 251 g/mol. The quantitative estimate of drug-likeness (QED) is 0.891. The molecule has 0 bridgehead atoms. The average Bonchev–Trinajstić information content (AvgIpc) is 2.89. The van der Waals surface area contributed by atoms with Crippen LogP contribution in [0.3, 0.4) is 0 Å². The zero-order valence-corrected chi connectivity index (χ0v) is 10.5. The highest BCUT2D eigenvalue weighted by molar-refractivity contribution is 5.87. The molecule has 2 radical (unpaired) electrons. The molecule has 94 valence electrons. The number of nitrogens with zero attached hydrogens (tertiary/aromatic N) is 3. The molecule has 0 amide bonds. The zero-order valence-electron chi connectivity index (χ0n) is 10.5. The van der Waals surface area contributed by atoms with Gasteiger partial charge >= 0.3 is 0 Å². The van der Waals surface area contributed by atoms with E-state index < -0.39 is 0 Å². The number of anilines is 2. The SMILES string of the molecule is Cc1ccc(N2[C]N(c3ccccc3)N=C2)c(O)c1. The van der Waals surface area contributed by atoms with E-state index in [-0.39, 0.29) is 5.75 Å². The van der Waals surface area contributed by atoms with E-state index >= 15 is 0 Å². The van der Waals surface area contributed by atoms with Gasteiger partial charge in [-0.1, -0.05) is 24.3 Å². The topological polar surface area (TPSA) is 39.1 Å². The van der Waals surface area contributed by atoms with Crippen molar-refractivity contribution in [1.29, 1.82) is 0 Å². The minimum Gasteiger partial charge on any atom is -0.506 e. The molecule has 0 atom stereocenters. The van der Waals surface area contributed by atoms with Crippen LogP contribution < -0.4 is 9.91 Å². The Bertz CT molecular complexity index is 610. The van der Waals surface area contributed by atoms with E-state index in [1.807, 2.05) is 49.4 Å². The summed E-state index contributed by atoms with van der Waals surface area (Å²) in [6, 6.07) is 15.2. The van der Waals surface area contributed by atoms with Crippen molar-refractivity contribution in [3.8, 4) is 5.75 Å². The number of para-hydroxylation sites is 1. The normalized spacial score (nSPS) is 14.2. The molecule has 2 aromatic carbocycles. The van der Waals surface area contributed by atoms with Gasteiger partial charge in [0.1, 0.15) is 12.1 Å². The molecule has 19 heavy (non-hydrogen) atoms. The van der Waals surface area contributed by atoms with Gasteiger partial charge in [-0.05, 0) is 36.8 Å². The smallest absolute Gasteiger partial charge is 0.237 e. The van der Waals surface area contributed by atoms with Gasteiger partial charge in [0.2, 0.25) is 6.67 Å². The number of aromatic hydroxyl groups is 1. The fourth-order valence-corrected chi connectivity index (χ4v) is 1.90. The monoisotopic (exact) mass is 251 g/mol. The van der Waals surface area contributed by atoms with Crippen LogP contribution in [0.1, 0.15) is 5.56 Å². The Morgan fingerprint density at radius 3 is 2.63 bits per heavy atom. The summed E-state index contributed by atoms with van der Waals surface area (Å²) < 4.78 is 0. The fraction of sp³-hybridized carbons (Fsp3) is 0.0667. The van der Waals surface area contributed by atoms with E-state index in [0.29, 0.717) is 5.69 Å². The zero-order chi connectivity index (χ0) is 13.2. The van der Waals surface area contributed by atoms with E-state index in [1.54, 1.807) is 22.3 Å². The Labute approximate surface area is 112 Å². The Balaban J connectivity index is 1.82. The minimum absolute atomic E-state index is 0.217. The Kier molecular flexibility index (Phi) is 2.83. The van der Waals surface area contributed by atoms with E-state index in [0.717, 1.165) is 11.3 Å². The molecule has 0 aromatic heterocycles. The number of hydrogen-bond acceptors (Lipinski definition) is 4. The summed E-state index contributed by atoms with van der Waals surface area (Å²) in [7, 11) is 0. The molecular formula is C15H13N3O. The van der Waals surface area contributed by atoms with Gasteiger partial charge in [0, 0.05) is 0 Å². The van der Waals surface area contributed by atoms with E-state index in [4.69, 9.17) is 0 Å². The van der Waals surface area contributed by atoms with Crippen LogP contribution in [0.4, 0.5) is 11.4 Å². The Hall–Kier alpha value is -2.49. The Morgan fingerprint density at radius 2 is 1.89 bits per heavy atom. The molecule has 1 aliphatic rings.